The Bertz CT molecular complexity index is 850. The molecule has 122 valence electrons. The summed E-state index contributed by atoms with van der Waals surface area (Å²) in [5.41, 5.74) is 0.939. The zero-order valence-corrected chi connectivity index (χ0v) is 13.5. The predicted molar refractivity (Wildman–Crippen MR) is 84.8 cm³/mol. The Morgan fingerprint density at radius 3 is 2.48 bits per heavy atom. The first-order chi connectivity index (χ1) is 10.7. The molecule has 0 heterocycles. The van der Waals surface area contributed by atoms with Crippen molar-refractivity contribution >= 4 is 15.9 Å². The molecule has 1 atom stereocenters. The molecule has 2 aromatic rings. The van der Waals surface area contributed by atoms with E-state index in [0.29, 0.717) is 11.1 Å². The SMILES string of the molecule is Cc1ccc(C(=O)NC(C)c2ccccc2F)cc1S(N)(=O)=O. The first-order valence-electron chi connectivity index (χ1n) is 6.89. The number of aryl methyl sites for hydroxylation is 1. The number of hydrogen-bond acceptors (Lipinski definition) is 3. The fourth-order valence-electron chi connectivity index (χ4n) is 2.23. The Morgan fingerprint density at radius 1 is 1.22 bits per heavy atom. The molecule has 3 N–H and O–H groups in total. The number of carbonyl (C=O) groups excluding carboxylic acids is 1. The van der Waals surface area contributed by atoms with Gasteiger partial charge in [-0.05, 0) is 37.6 Å². The van der Waals surface area contributed by atoms with Crippen LogP contribution in [0, 0.1) is 12.7 Å². The second-order valence-electron chi connectivity index (χ2n) is 5.24. The monoisotopic (exact) mass is 336 g/mol. The summed E-state index contributed by atoms with van der Waals surface area (Å²) in [6, 6.07) is 9.76. The van der Waals surface area contributed by atoms with Crippen molar-refractivity contribution in [2.24, 2.45) is 5.14 Å². The number of hydrogen-bond donors (Lipinski definition) is 2. The summed E-state index contributed by atoms with van der Waals surface area (Å²) in [6.45, 7) is 3.23. The number of sulfonamides is 1. The Kier molecular flexibility index (Phi) is 4.82. The molecule has 0 aliphatic carbocycles. The van der Waals surface area contributed by atoms with Crippen LogP contribution in [0.3, 0.4) is 0 Å². The lowest BCUT2D eigenvalue weighted by molar-refractivity contribution is 0.0939. The van der Waals surface area contributed by atoms with Crippen LogP contribution in [0.25, 0.3) is 0 Å². The van der Waals surface area contributed by atoms with Gasteiger partial charge in [-0.2, -0.15) is 0 Å². The number of nitrogens with one attached hydrogen (secondary N) is 1. The van der Waals surface area contributed by atoms with E-state index in [9.17, 15) is 17.6 Å². The van der Waals surface area contributed by atoms with Crippen molar-refractivity contribution in [2.45, 2.75) is 24.8 Å². The summed E-state index contributed by atoms with van der Waals surface area (Å²) in [5.74, 6) is -0.930. The van der Waals surface area contributed by atoms with Gasteiger partial charge >= 0.3 is 0 Å². The van der Waals surface area contributed by atoms with E-state index in [4.69, 9.17) is 5.14 Å². The van der Waals surface area contributed by atoms with E-state index in [1.165, 1.54) is 24.3 Å². The van der Waals surface area contributed by atoms with E-state index in [1.807, 2.05) is 0 Å². The van der Waals surface area contributed by atoms with E-state index >= 15 is 0 Å². The van der Waals surface area contributed by atoms with E-state index in [-0.39, 0.29) is 10.5 Å². The van der Waals surface area contributed by atoms with Crippen LogP contribution in [-0.4, -0.2) is 14.3 Å². The first kappa shape index (κ1) is 17.1. The zero-order chi connectivity index (χ0) is 17.2. The Morgan fingerprint density at radius 2 is 1.87 bits per heavy atom. The lowest BCUT2D eigenvalue weighted by atomic mass is 10.1. The van der Waals surface area contributed by atoms with E-state index in [1.54, 1.807) is 32.0 Å². The lowest BCUT2D eigenvalue weighted by Gasteiger charge is -2.15. The number of primary sulfonamides is 1. The van der Waals surface area contributed by atoms with Gasteiger partial charge in [-0.1, -0.05) is 24.3 Å². The molecule has 0 fully saturated rings. The van der Waals surface area contributed by atoms with Gasteiger partial charge in [-0.25, -0.2) is 17.9 Å². The Labute approximate surface area is 134 Å². The zero-order valence-electron chi connectivity index (χ0n) is 12.7. The maximum absolute atomic E-state index is 13.7. The first-order valence-corrected chi connectivity index (χ1v) is 8.43. The van der Waals surface area contributed by atoms with Gasteiger partial charge in [0.1, 0.15) is 5.82 Å². The molecule has 2 aromatic carbocycles. The van der Waals surface area contributed by atoms with Gasteiger partial charge in [0.05, 0.1) is 10.9 Å². The minimum atomic E-state index is -3.92. The Hall–Kier alpha value is -2.25. The van der Waals surface area contributed by atoms with Crippen molar-refractivity contribution in [1.82, 2.24) is 5.32 Å². The number of halogens is 1. The quantitative estimate of drug-likeness (QED) is 0.897. The molecule has 0 saturated heterocycles. The second-order valence-corrected chi connectivity index (χ2v) is 6.77. The van der Waals surface area contributed by atoms with Crippen LogP contribution in [0.15, 0.2) is 47.4 Å². The van der Waals surface area contributed by atoms with Crippen molar-refractivity contribution in [3.8, 4) is 0 Å². The fourth-order valence-corrected chi connectivity index (χ4v) is 3.04. The molecule has 0 spiro atoms. The number of nitrogens with two attached hydrogens (primary N) is 1. The predicted octanol–water partition coefficient (Wildman–Crippen LogP) is 2.27. The van der Waals surface area contributed by atoms with Crippen molar-refractivity contribution in [3.05, 3.63) is 65.0 Å². The van der Waals surface area contributed by atoms with Gasteiger partial charge in [-0.3, -0.25) is 4.79 Å². The molecule has 1 amide bonds. The highest BCUT2D eigenvalue weighted by Crippen LogP contribution is 2.19. The molecule has 0 radical (unpaired) electrons. The number of benzene rings is 2. The third-order valence-corrected chi connectivity index (χ3v) is 4.53. The maximum atomic E-state index is 13.7. The fraction of sp³-hybridized carbons (Fsp3) is 0.188. The van der Waals surface area contributed by atoms with Crippen molar-refractivity contribution in [2.75, 3.05) is 0 Å². The molecule has 2 rings (SSSR count). The van der Waals surface area contributed by atoms with E-state index in [2.05, 4.69) is 5.32 Å². The van der Waals surface area contributed by atoms with Crippen LogP contribution in [0.1, 0.15) is 34.5 Å². The minimum absolute atomic E-state index is 0.108. The molecule has 1 unspecified atom stereocenters. The summed E-state index contributed by atoms with van der Waals surface area (Å²) in [4.78, 5) is 12.2. The number of rotatable bonds is 4. The van der Waals surface area contributed by atoms with Crippen molar-refractivity contribution < 1.29 is 17.6 Å². The van der Waals surface area contributed by atoms with Gasteiger partial charge in [0.25, 0.3) is 5.91 Å². The van der Waals surface area contributed by atoms with Gasteiger partial charge in [0, 0.05) is 11.1 Å². The van der Waals surface area contributed by atoms with Gasteiger partial charge < -0.3 is 5.32 Å². The minimum Gasteiger partial charge on any atom is -0.345 e. The molecular weight excluding hydrogens is 319 g/mol. The molecule has 0 aromatic heterocycles. The van der Waals surface area contributed by atoms with Gasteiger partial charge in [0.2, 0.25) is 10.0 Å². The highest BCUT2D eigenvalue weighted by Gasteiger charge is 2.18. The normalized spacial score (nSPS) is 12.7. The van der Waals surface area contributed by atoms with Crippen LogP contribution >= 0.6 is 0 Å². The molecule has 23 heavy (non-hydrogen) atoms. The van der Waals surface area contributed by atoms with E-state index in [0.717, 1.165) is 0 Å². The number of amides is 1. The van der Waals surface area contributed by atoms with E-state index < -0.39 is 27.8 Å². The number of carbonyl (C=O) groups is 1. The highest BCUT2D eigenvalue weighted by atomic mass is 32.2. The van der Waals surface area contributed by atoms with Crippen LogP contribution in [-0.2, 0) is 10.0 Å². The van der Waals surface area contributed by atoms with Crippen LogP contribution < -0.4 is 10.5 Å². The molecule has 0 aliphatic heterocycles. The average molecular weight is 336 g/mol. The molecule has 0 saturated carbocycles. The van der Waals surface area contributed by atoms with Crippen molar-refractivity contribution in [3.63, 3.8) is 0 Å². The molecule has 5 nitrogen and oxygen atoms in total. The summed E-state index contributed by atoms with van der Waals surface area (Å²) in [5, 5.41) is 7.77. The highest BCUT2D eigenvalue weighted by molar-refractivity contribution is 7.89. The Balaban J connectivity index is 2.27. The van der Waals surface area contributed by atoms with Crippen molar-refractivity contribution in [1.29, 1.82) is 0 Å². The standard InChI is InChI=1S/C16H17FN2O3S/c1-10-7-8-12(9-15(10)23(18,21)22)16(20)19-11(2)13-5-3-4-6-14(13)17/h3-9,11H,1-2H3,(H,19,20)(H2,18,21,22). The maximum Gasteiger partial charge on any atom is 0.251 e. The third-order valence-electron chi connectivity index (χ3n) is 3.48. The third kappa shape index (κ3) is 3.94. The molecule has 0 bridgehead atoms. The summed E-state index contributed by atoms with van der Waals surface area (Å²) < 4.78 is 36.7. The summed E-state index contributed by atoms with van der Waals surface area (Å²) >= 11 is 0. The van der Waals surface area contributed by atoms with Gasteiger partial charge in [0.15, 0.2) is 0 Å². The lowest BCUT2D eigenvalue weighted by Crippen LogP contribution is -2.27. The average Bonchev–Trinajstić information content (AvgIpc) is 2.46. The topological polar surface area (TPSA) is 89.3 Å². The summed E-state index contributed by atoms with van der Waals surface area (Å²) in [7, 11) is -3.92. The smallest absolute Gasteiger partial charge is 0.251 e. The molecular formula is C16H17FN2O3S. The van der Waals surface area contributed by atoms with Gasteiger partial charge in [-0.15, -0.1) is 0 Å². The second kappa shape index (κ2) is 6.47. The van der Waals surface area contributed by atoms with Crippen LogP contribution in [0.2, 0.25) is 0 Å². The van der Waals surface area contributed by atoms with Crippen LogP contribution in [0.5, 0.6) is 0 Å². The largest absolute Gasteiger partial charge is 0.345 e. The van der Waals surface area contributed by atoms with Crippen LogP contribution in [0.4, 0.5) is 4.39 Å². The summed E-state index contributed by atoms with van der Waals surface area (Å²) in [6.07, 6.45) is 0. The molecule has 0 aliphatic rings. The molecule has 7 heteroatoms.